The van der Waals surface area contributed by atoms with E-state index in [9.17, 15) is 0 Å². The van der Waals surface area contributed by atoms with Crippen LogP contribution in [0.1, 0.15) is 6.42 Å². The molecule has 6 heteroatoms. The first-order valence-electron chi connectivity index (χ1n) is 5.76. The maximum absolute atomic E-state index is 8.58. The maximum Gasteiger partial charge on any atom is 0.175 e. The van der Waals surface area contributed by atoms with Gasteiger partial charge in [0.05, 0.1) is 6.61 Å². The first-order valence-corrected chi connectivity index (χ1v) is 12.3. The summed E-state index contributed by atoms with van der Waals surface area (Å²) < 4.78 is 11.3. The van der Waals surface area contributed by atoms with Crippen LogP contribution in [0.3, 0.4) is 0 Å². The lowest BCUT2D eigenvalue weighted by molar-refractivity contribution is -0.0944. The van der Waals surface area contributed by atoms with Gasteiger partial charge in [-0.2, -0.15) is 0 Å². The molecule has 0 atom stereocenters. The summed E-state index contributed by atoms with van der Waals surface area (Å²) in [5.74, 6) is 0. The van der Waals surface area contributed by atoms with Crippen molar-refractivity contribution >= 4 is 16.6 Å². The van der Waals surface area contributed by atoms with Crippen molar-refractivity contribution in [2.45, 2.75) is 51.5 Å². The second kappa shape index (κ2) is 6.88. The number of hydrogen-bond acceptors (Lipinski definition) is 4. The van der Waals surface area contributed by atoms with E-state index >= 15 is 0 Å². The number of aliphatic hydroxyl groups is 2. The Morgan fingerprint density at radius 3 is 2.06 bits per heavy atom. The summed E-state index contributed by atoms with van der Waals surface area (Å²) in [5.41, 5.74) is 0. The lowest BCUT2D eigenvalue weighted by Gasteiger charge is -2.31. The predicted octanol–water partition coefficient (Wildman–Crippen LogP) is 1.76. The van der Waals surface area contributed by atoms with Crippen LogP contribution in [0.25, 0.3) is 0 Å². The molecule has 0 saturated heterocycles. The summed E-state index contributed by atoms with van der Waals surface area (Å²) in [7, 11) is -3.00. The van der Waals surface area contributed by atoms with E-state index in [0.29, 0.717) is 6.61 Å². The molecule has 0 saturated carbocycles. The highest BCUT2D eigenvalue weighted by molar-refractivity contribution is 6.84. The third-order valence-corrected chi connectivity index (χ3v) is 8.13. The van der Waals surface area contributed by atoms with Crippen LogP contribution in [0.5, 0.6) is 0 Å². The van der Waals surface area contributed by atoms with Gasteiger partial charge >= 0.3 is 0 Å². The highest BCUT2D eigenvalue weighted by atomic mass is 28.4. The second-order valence-electron chi connectivity index (χ2n) is 5.63. The zero-order valence-electron chi connectivity index (χ0n) is 11.1. The molecule has 0 spiro atoms. The van der Waals surface area contributed by atoms with Gasteiger partial charge in [0.1, 0.15) is 0 Å². The molecule has 0 aromatic carbocycles. The van der Waals surface area contributed by atoms with Crippen molar-refractivity contribution in [2.24, 2.45) is 0 Å². The highest BCUT2D eigenvalue weighted by Crippen LogP contribution is 2.19. The molecule has 16 heavy (non-hydrogen) atoms. The Balaban J connectivity index is 3.66. The summed E-state index contributed by atoms with van der Waals surface area (Å²) in [6.07, 6.45) is -0.431. The average molecular weight is 266 g/mol. The van der Waals surface area contributed by atoms with E-state index in [1.807, 2.05) is 0 Å². The quantitative estimate of drug-likeness (QED) is 0.399. The van der Waals surface area contributed by atoms with E-state index in [1.54, 1.807) is 0 Å². The van der Waals surface area contributed by atoms with Crippen LogP contribution in [0, 0.1) is 0 Å². The molecule has 0 bridgehead atoms. The Labute approximate surface area is 101 Å². The van der Waals surface area contributed by atoms with Crippen LogP contribution in [-0.2, 0) is 8.85 Å². The van der Waals surface area contributed by atoms with E-state index in [-0.39, 0.29) is 6.61 Å². The minimum atomic E-state index is -1.56. The standard InChI is InChI=1S/C10H26O4Si2/c1-15(2,3)14-16(4,5)8-6-7-13-9-10(11)12/h10-12H,6-9H2,1-5H3. The van der Waals surface area contributed by atoms with E-state index in [1.165, 1.54) is 0 Å². The van der Waals surface area contributed by atoms with Gasteiger partial charge in [0, 0.05) is 6.61 Å². The molecule has 2 N–H and O–H groups in total. The largest absolute Gasteiger partial charge is 0.456 e. The molecule has 0 aliphatic heterocycles. The highest BCUT2D eigenvalue weighted by Gasteiger charge is 2.28. The Morgan fingerprint density at radius 2 is 1.62 bits per heavy atom. The molecule has 0 aromatic rings. The molecule has 0 aliphatic carbocycles. The Bertz CT molecular complexity index is 190. The lowest BCUT2D eigenvalue weighted by Crippen LogP contribution is -2.42. The van der Waals surface area contributed by atoms with Crippen LogP contribution in [0.2, 0.25) is 38.8 Å². The number of ether oxygens (including phenoxy) is 1. The smallest absolute Gasteiger partial charge is 0.175 e. The first-order chi connectivity index (χ1) is 7.12. The Kier molecular flexibility index (Phi) is 6.99. The van der Waals surface area contributed by atoms with E-state index < -0.39 is 22.9 Å². The van der Waals surface area contributed by atoms with Crippen molar-refractivity contribution in [2.75, 3.05) is 13.2 Å². The zero-order chi connectivity index (χ0) is 12.8. The van der Waals surface area contributed by atoms with Crippen LogP contribution >= 0.6 is 0 Å². The fraction of sp³-hybridized carbons (Fsp3) is 1.00. The van der Waals surface area contributed by atoms with Crippen molar-refractivity contribution in [3.05, 3.63) is 0 Å². The minimum Gasteiger partial charge on any atom is -0.456 e. The van der Waals surface area contributed by atoms with Gasteiger partial charge in [-0.05, 0) is 45.2 Å². The van der Waals surface area contributed by atoms with Gasteiger partial charge in [-0.15, -0.1) is 0 Å². The second-order valence-corrected chi connectivity index (χ2v) is 14.7. The number of rotatable bonds is 8. The lowest BCUT2D eigenvalue weighted by atomic mass is 10.5. The van der Waals surface area contributed by atoms with Crippen molar-refractivity contribution in [1.82, 2.24) is 0 Å². The van der Waals surface area contributed by atoms with Crippen molar-refractivity contribution < 1.29 is 19.1 Å². The molecule has 4 nitrogen and oxygen atoms in total. The normalized spacial score (nSPS) is 13.5. The fourth-order valence-corrected chi connectivity index (χ4v) is 9.70. The van der Waals surface area contributed by atoms with Gasteiger partial charge in [-0.1, -0.05) is 0 Å². The maximum atomic E-state index is 8.58. The van der Waals surface area contributed by atoms with Crippen LogP contribution in [-0.4, -0.2) is 46.4 Å². The third-order valence-electron chi connectivity index (χ3n) is 1.92. The Morgan fingerprint density at radius 1 is 1.06 bits per heavy atom. The first kappa shape index (κ1) is 16.3. The monoisotopic (exact) mass is 266 g/mol. The summed E-state index contributed by atoms with van der Waals surface area (Å²) >= 11 is 0. The summed E-state index contributed by atoms with van der Waals surface area (Å²) in [5, 5.41) is 17.2. The summed E-state index contributed by atoms with van der Waals surface area (Å²) in [4.78, 5) is 0. The van der Waals surface area contributed by atoms with Gasteiger partial charge < -0.3 is 19.1 Å². The predicted molar refractivity (Wildman–Crippen MR) is 70.4 cm³/mol. The molecule has 0 heterocycles. The SMILES string of the molecule is C[Si](C)(C)O[Si](C)(C)CCCOCC(O)O. The van der Waals surface area contributed by atoms with Gasteiger partial charge in [0.2, 0.25) is 0 Å². The molecule has 0 unspecified atom stereocenters. The summed E-state index contributed by atoms with van der Waals surface area (Å²) in [6, 6.07) is 1.05. The molecule has 0 amide bonds. The number of aliphatic hydroxyl groups excluding tert-OH is 1. The molecular formula is C10H26O4Si2. The van der Waals surface area contributed by atoms with E-state index in [4.69, 9.17) is 19.1 Å². The van der Waals surface area contributed by atoms with E-state index in [2.05, 4.69) is 32.7 Å². The van der Waals surface area contributed by atoms with E-state index in [0.717, 1.165) is 12.5 Å². The van der Waals surface area contributed by atoms with Crippen LogP contribution in [0.4, 0.5) is 0 Å². The topological polar surface area (TPSA) is 58.9 Å². The average Bonchev–Trinajstić information content (AvgIpc) is 1.97. The molecule has 0 rings (SSSR count). The minimum absolute atomic E-state index is 0.00311. The number of hydrogen-bond donors (Lipinski definition) is 2. The molecule has 0 aliphatic rings. The summed E-state index contributed by atoms with van der Waals surface area (Å²) in [6.45, 7) is 11.7. The van der Waals surface area contributed by atoms with Crippen LogP contribution < -0.4 is 0 Å². The third kappa shape index (κ3) is 10.8. The van der Waals surface area contributed by atoms with Crippen molar-refractivity contribution in [1.29, 1.82) is 0 Å². The molecule has 0 radical (unpaired) electrons. The van der Waals surface area contributed by atoms with Gasteiger partial charge in [0.15, 0.2) is 22.9 Å². The molecule has 0 aromatic heterocycles. The fourth-order valence-electron chi connectivity index (χ4n) is 1.67. The zero-order valence-corrected chi connectivity index (χ0v) is 13.1. The van der Waals surface area contributed by atoms with Gasteiger partial charge in [0.25, 0.3) is 0 Å². The molecular weight excluding hydrogens is 240 g/mol. The van der Waals surface area contributed by atoms with Gasteiger partial charge in [-0.25, -0.2) is 0 Å². The van der Waals surface area contributed by atoms with Crippen molar-refractivity contribution in [3.63, 3.8) is 0 Å². The molecule has 0 fully saturated rings. The van der Waals surface area contributed by atoms with Crippen molar-refractivity contribution in [3.8, 4) is 0 Å². The Hall–Kier alpha value is 0.274. The molecule has 98 valence electrons. The van der Waals surface area contributed by atoms with Crippen LogP contribution in [0.15, 0.2) is 0 Å². The van der Waals surface area contributed by atoms with Gasteiger partial charge in [-0.3, -0.25) is 0 Å².